The summed E-state index contributed by atoms with van der Waals surface area (Å²) in [4.78, 5) is 26.9. The van der Waals surface area contributed by atoms with Crippen LogP contribution in [0, 0.1) is 0 Å². The zero-order valence-corrected chi connectivity index (χ0v) is 19.4. The molecule has 3 N–H and O–H groups in total. The number of hydrogen-bond acceptors (Lipinski definition) is 8. The molecule has 3 aromatic rings. The van der Waals surface area contributed by atoms with Crippen molar-refractivity contribution in [1.82, 2.24) is 19.8 Å². The summed E-state index contributed by atoms with van der Waals surface area (Å²) in [5.74, 6) is 0.840. The Labute approximate surface area is 198 Å². The maximum Gasteiger partial charge on any atom is 0.318 e. The van der Waals surface area contributed by atoms with E-state index in [0.717, 1.165) is 73.4 Å². The fraction of sp³-hybridized carbons (Fsp3) is 0.400. The smallest absolute Gasteiger partial charge is 0.318 e. The van der Waals surface area contributed by atoms with Gasteiger partial charge in [-0.3, -0.25) is 9.69 Å². The van der Waals surface area contributed by atoms with Crippen molar-refractivity contribution < 1.29 is 14.6 Å². The van der Waals surface area contributed by atoms with Crippen LogP contribution in [0.3, 0.4) is 0 Å². The van der Waals surface area contributed by atoms with Crippen LogP contribution in [0.5, 0.6) is 11.8 Å². The Hall–Kier alpha value is -3.59. The van der Waals surface area contributed by atoms with Crippen molar-refractivity contribution in [3.8, 4) is 11.8 Å². The van der Waals surface area contributed by atoms with E-state index in [-0.39, 0.29) is 11.7 Å². The van der Waals surface area contributed by atoms with Gasteiger partial charge in [-0.25, -0.2) is 0 Å². The fourth-order valence-corrected chi connectivity index (χ4v) is 4.80. The second kappa shape index (κ2) is 9.34. The molecule has 34 heavy (non-hydrogen) atoms. The third kappa shape index (κ3) is 4.56. The van der Waals surface area contributed by atoms with Gasteiger partial charge in [0.15, 0.2) is 0 Å². The number of carbonyl (C=O) groups is 1. The molecule has 2 aromatic carbocycles. The van der Waals surface area contributed by atoms with Crippen molar-refractivity contribution in [2.45, 2.75) is 19.9 Å². The molecule has 3 heterocycles. The molecule has 0 spiro atoms. The standard InChI is InChI=1S/C25H30N6O3/c1-17(32)30-10-8-29(9-11-30)12-13-34-25-27-22-16-31(7-6-21(22)24(26)28-25)23-15-19(33)14-18-4-2-3-5-20(18)23/h2-5,14-15,33H,6-13,16H2,1H3,(H2,26,27,28). The zero-order chi connectivity index (χ0) is 23.7. The van der Waals surface area contributed by atoms with Gasteiger partial charge in [-0.05, 0) is 17.9 Å². The SMILES string of the molecule is CC(=O)N1CCN(CCOc2nc(N)c3c(n2)CN(c2cc(O)cc4ccccc24)CC3)CC1. The predicted octanol–water partition coefficient (Wildman–Crippen LogP) is 2.02. The summed E-state index contributed by atoms with van der Waals surface area (Å²) in [7, 11) is 0. The second-order valence-corrected chi connectivity index (χ2v) is 8.87. The molecule has 5 rings (SSSR count). The van der Waals surface area contributed by atoms with Crippen molar-refractivity contribution in [3.63, 3.8) is 0 Å². The molecule has 0 saturated carbocycles. The molecule has 1 fully saturated rings. The van der Waals surface area contributed by atoms with E-state index in [1.165, 1.54) is 0 Å². The fourth-order valence-electron chi connectivity index (χ4n) is 4.80. The van der Waals surface area contributed by atoms with Crippen LogP contribution in [-0.2, 0) is 17.8 Å². The number of rotatable bonds is 5. The van der Waals surface area contributed by atoms with Crippen LogP contribution >= 0.6 is 0 Å². The lowest BCUT2D eigenvalue weighted by Crippen LogP contribution is -2.48. The maximum absolute atomic E-state index is 11.5. The van der Waals surface area contributed by atoms with Gasteiger partial charge in [-0.2, -0.15) is 9.97 Å². The van der Waals surface area contributed by atoms with Crippen LogP contribution in [0.25, 0.3) is 10.8 Å². The Morgan fingerprint density at radius 2 is 1.91 bits per heavy atom. The van der Waals surface area contributed by atoms with Gasteiger partial charge in [-0.1, -0.05) is 24.3 Å². The lowest BCUT2D eigenvalue weighted by Gasteiger charge is -2.34. The molecule has 0 aliphatic carbocycles. The van der Waals surface area contributed by atoms with Gasteiger partial charge in [0.25, 0.3) is 0 Å². The quantitative estimate of drug-likeness (QED) is 0.593. The summed E-state index contributed by atoms with van der Waals surface area (Å²) in [6.45, 7) is 7.31. The Morgan fingerprint density at radius 3 is 2.71 bits per heavy atom. The van der Waals surface area contributed by atoms with Crippen LogP contribution in [0.15, 0.2) is 36.4 Å². The van der Waals surface area contributed by atoms with Crippen molar-refractivity contribution in [2.75, 3.05) is 56.5 Å². The zero-order valence-electron chi connectivity index (χ0n) is 19.4. The molecule has 1 saturated heterocycles. The normalized spacial score (nSPS) is 16.5. The average molecular weight is 463 g/mol. The number of amides is 1. The lowest BCUT2D eigenvalue weighted by molar-refractivity contribution is -0.130. The van der Waals surface area contributed by atoms with Crippen LogP contribution < -0.4 is 15.4 Å². The molecular weight excluding hydrogens is 432 g/mol. The monoisotopic (exact) mass is 462 g/mol. The van der Waals surface area contributed by atoms with Crippen LogP contribution in [-0.4, -0.2) is 76.7 Å². The number of benzene rings is 2. The molecule has 0 unspecified atom stereocenters. The average Bonchev–Trinajstić information content (AvgIpc) is 2.83. The number of piperazine rings is 1. The number of anilines is 2. The van der Waals surface area contributed by atoms with E-state index >= 15 is 0 Å². The minimum Gasteiger partial charge on any atom is -0.508 e. The van der Waals surface area contributed by atoms with Gasteiger partial charge >= 0.3 is 6.01 Å². The number of nitrogens with zero attached hydrogens (tertiary/aromatic N) is 5. The highest BCUT2D eigenvalue weighted by molar-refractivity contribution is 5.95. The molecule has 2 aliphatic heterocycles. The van der Waals surface area contributed by atoms with Crippen molar-refractivity contribution >= 4 is 28.2 Å². The summed E-state index contributed by atoms with van der Waals surface area (Å²) in [6, 6.07) is 11.9. The number of phenols is 1. The first kappa shape index (κ1) is 22.2. The Bertz CT molecular complexity index is 1210. The number of carbonyl (C=O) groups excluding carboxylic acids is 1. The summed E-state index contributed by atoms with van der Waals surface area (Å²) in [5, 5.41) is 12.3. The molecule has 0 bridgehead atoms. The molecule has 9 heteroatoms. The van der Waals surface area contributed by atoms with Gasteiger partial charge in [0.2, 0.25) is 5.91 Å². The Kier molecular flexibility index (Phi) is 6.10. The second-order valence-electron chi connectivity index (χ2n) is 8.87. The van der Waals surface area contributed by atoms with Crippen LogP contribution in [0.2, 0.25) is 0 Å². The maximum atomic E-state index is 11.5. The van der Waals surface area contributed by atoms with Gasteiger partial charge in [-0.15, -0.1) is 0 Å². The highest BCUT2D eigenvalue weighted by Crippen LogP contribution is 2.35. The molecular formula is C25H30N6O3. The summed E-state index contributed by atoms with van der Waals surface area (Å²) >= 11 is 0. The number of ether oxygens (including phenoxy) is 1. The van der Waals surface area contributed by atoms with E-state index in [4.69, 9.17) is 10.5 Å². The van der Waals surface area contributed by atoms with E-state index in [1.54, 1.807) is 19.1 Å². The van der Waals surface area contributed by atoms with E-state index < -0.39 is 0 Å². The first-order valence-corrected chi connectivity index (χ1v) is 11.7. The topological polar surface area (TPSA) is 108 Å². The Morgan fingerprint density at radius 1 is 1.12 bits per heavy atom. The van der Waals surface area contributed by atoms with Crippen molar-refractivity contribution in [1.29, 1.82) is 0 Å². The number of fused-ring (bicyclic) bond motifs is 2. The molecule has 9 nitrogen and oxygen atoms in total. The minimum atomic E-state index is 0.126. The minimum absolute atomic E-state index is 0.126. The van der Waals surface area contributed by atoms with Gasteiger partial charge in [0.1, 0.15) is 18.2 Å². The summed E-state index contributed by atoms with van der Waals surface area (Å²) in [5.41, 5.74) is 9.06. The highest BCUT2D eigenvalue weighted by atomic mass is 16.5. The van der Waals surface area contributed by atoms with E-state index in [1.807, 2.05) is 23.1 Å². The molecule has 2 aliphatic rings. The van der Waals surface area contributed by atoms with Gasteiger partial charge in [0.05, 0.1) is 12.2 Å². The number of aromatic nitrogens is 2. The highest BCUT2D eigenvalue weighted by Gasteiger charge is 2.24. The number of nitrogen functional groups attached to an aromatic ring is 1. The number of aromatic hydroxyl groups is 1. The van der Waals surface area contributed by atoms with E-state index in [2.05, 4.69) is 25.8 Å². The largest absolute Gasteiger partial charge is 0.508 e. The number of phenolic OH excluding ortho intramolecular Hbond substituents is 1. The molecule has 1 aromatic heterocycles. The van der Waals surface area contributed by atoms with Crippen molar-refractivity contribution in [2.24, 2.45) is 0 Å². The lowest BCUT2D eigenvalue weighted by atomic mass is 10.0. The first-order valence-electron chi connectivity index (χ1n) is 11.7. The third-order valence-corrected chi connectivity index (χ3v) is 6.70. The summed E-state index contributed by atoms with van der Waals surface area (Å²) in [6.07, 6.45) is 0.728. The van der Waals surface area contributed by atoms with E-state index in [0.29, 0.717) is 25.0 Å². The third-order valence-electron chi connectivity index (χ3n) is 6.70. The summed E-state index contributed by atoms with van der Waals surface area (Å²) < 4.78 is 5.88. The van der Waals surface area contributed by atoms with Crippen LogP contribution in [0.4, 0.5) is 11.5 Å². The number of hydrogen-bond donors (Lipinski definition) is 2. The van der Waals surface area contributed by atoms with Gasteiger partial charge < -0.3 is 25.4 Å². The van der Waals surface area contributed by atoms with E-state index in [9.17, 15) is 9.90 Å². The Balaban J connectivity index is 1.27. The molecule has 178 valence electrons. The molecule has 0 atom stereocenters. The molecule has 1 amide bonds. The first-order chi connectivity index (χ1) is 16.5. The van der Waals surface area contributed by atoms with Crippen molar-refractivity contribution in [3.05, 3.63) is 47.7 Å². The molecule has 0 radical (unpaired) electrons. The van der Waals surface area contributed by atoms with Crippen LogP contribution in [0.1, 0.15) is 18.2 Å². The predicted molar refractivity (Wildman–Crippen MR) is 131 cm³/mol. The number of nitrogens with two attached hydrogens (primary N) is 1. The van der Waals surface area contributed by atoms with Gasteiger partial charge in [0, 0.05) is 68.9 Å².